The molecule has 0 bridgehead atoms. The SMILES string of the molecule is CCN(CC)S(=O)(=O)c1ccc(CCC(=O)N2CCC(c3c[nH]c4ccccc34)CC2)cc1. The van der Waals surface area contributed by atoms with Crippen molar-refractivity contribution in [3.63, 3.8) is 0 Å². The van der Waals surface area contributed by atoms with E-state index in [9.17, 15) is 13.2 Å². The number of hydrogen-bond donors (Lipinski definition) is 1. The number of amides is 1. The third-order valence-electron chi connectivity index (χ3n) is 6.80. The predicted molar refractivity (Wildman–Crippen MR) is 132 cm³/mol. The van der Waals surface area contributed by atoms with Crippen LogP contribution in [-0.4, -0.2) is 54.7 Å². The highest BCUT2D eigenvalue weighted by molar-refractivity contribution is 7.89. The molecule has 0 radical (unpaired) electrons. The minimum atomic E-state index is -3.45. The van der Waals surface area contributed by atoms with Gasteiger partial charge >= 0.3 is 0 Å². The van der Waals surface area contributed by atoms with Gasteiger partial charge in [-0.15, -0.1) is 0 Å². The molecule has 1 N–H and O–H groups in total. The summed E-state index contributed by atoms with van der Waals surface area (Å²) >= 11 is 0. The summed E-state index contributed by atoms with van der Waals surface area (Å²) in [5.74, 6) is 0.651. The molecule has 1 aliphatic rings. The number of fused-ring (bicyclic) bond motifs is 1. The molecule has 7 heteroatoms. The Kier molecular flexibility index (Phi) is 7.20. The number of para-hydroxylation sites is 1. The number of hydrogen-bond acceptors (Lipinski definition) is 3. The lowest BCUT2D eigenvalue weighted by Gasteiger charge is -2.32. The Morgan fingerprint density at radius 1 is 1.03 bits per heavy atom. The predicted octanol–water partition coefficient (Wildman–Crippen LogP) is 4.54. The smallest absolute Gasteiger partial charge is 0.243 e. The largest absolute Gasteiger partial charge is 0.361 e. The van der Waals surface area contributed by atoms with Crippen LogP contribution < -0.4 is 0 Å². The van der Waals surface area contributed by atoms with Gasteiger partial charge in [0, 0.05) is 49.7 Å². The number of H-pyrrole nitrogens is 1. The second-order valence-corrected chi connectivity index (χ2v) is 10.6. The number of nitrogens with one attached hydrogen (secondary N) is 1. The normalized spacial score (nSPS) is 15.4. The first-order valence-electron chi connectivity index (χ1n) is 11.9. The molecule has 0 atom stereocenters. The number of sulfonamides is 1. The van der Waals surface area contributed by atoms with Crippen LogP contribution in [0.15, 0.2) is 59.6 Å². The van der Waals surface area contributed by atoms with Crippen molar-refractivity contribution in [3.05, 3.63) is 65.9 Å². The van der Waals surface area contributed by atoms with E-state index >= 15 is 0 Å². The van der Waals surface area contributed by atoms with Crippen LogP contribution >= 0.6 is 0 Å². The van der Waals surface area contributed by atoms with Crippen molar-refractivity contribution in [1.82, 2.24) is 14.2 Å². The van der Waals surface area contributed by atoms with Crippen molar-refractivity contribution in [2.45, 2.75) is 50.3 Å². The molecular weight excluding hydrogens is 434 g/mol. The highest BCUT2D eigenvalue weighted by atomic mass is 32.2. The molecule has 1 saturated heterocycles. The summed E-state index contributed by atoms with van der Waals surface area (Å²) in [7, 11) is -3.45. The summed E-state index contributed by atoms with van der Waals surface area (Å²) in [6.45, 7) is 6.14. The monoisotopic (exact) mass is 467 g/mol. The molecule has 0 spiro atoms. The summed E-state index contributed by atoms with van der Waals surface area (Å²) in [5.41, 5.74) is 3.51. The Hall–Kier alpha value is -2.64. The maximum atomic E-state index is 12.8. The molecule has 0 saturated carbocycles. The number of aryl methyl sites for hydroxylation is 1. The summed E-state index contributed by atoms with van der Waals surface area (Å²) in [6, 6.07) is 15.3. The Bertz CT molecular complexity index is 1190. The van der Waals surface area contributed by atoms with E-state index in [-0.39, 0.29) is 5.91 Å². The van der Waals surface area contributed by atoms with Crippen molar-refractivity contribution in [1.29, 1.82) is 0 Å². The summed E-state index contributed by atoms with van der Waals surface area (Å²) in [6.07, 6.45) is 5.14. The van der Waals surface area contributed by atoms with E-state index in [4.69, 9.17) is 0 Å². The average molecular weight is 468 g/mol. The Balaban J connectivity index is 1.30. The first kappa shape index (κ1) is 23.5. The zero-order valence-corrected chi connectivity index (χ0v) is 20.3. The molecule has 4 rings (SSSR count). The van der Waals surface area contributed by atoms with E-state index in [0.717, 1.165) is 31.5 Å². The van der Waals surface area contributed by atoms with Crippen LogP contribution in [-0.2, 0) is 21.2 Å². The lowest BCUT2D eigenvalue weighted by molar-refractivity contribution is -0.132. The van der Waals surface area contributed by atoms with Gasteiger partial charge in [-0.05, 0) is 54.5 Å². The van der Waals surface area contributed by atoms with Gasteiger partial charge < -0.3 is 9.88 Å². The number of aromatic amines is 1. The maximum Gasteiger partial charge on any atom is 0.243 e. The van der Waals surface area contributed by atoms with Gasteiger partial charge in [-0.25, -0.2) is 8.42 Å². The third-order valence-corrected chi connectivity index (χ3v) is 8.87. The number of likely N-dealkylation sites (tertiary alicyclic amines) is 1. The van der Waals surface area contributed by atoms with E-state index < -0.39 is 10.0 Å². The Morgan fingerprint density at radius 2 is 1.70 bits per heavy atom. The number of aromatic nitrogens is 1. The summed E-state index contributed by atoms with van der Waals surface area (Å²) < 4.78 is 26.7. The highest BCUT2D eigenvalue weighted by Gasteiger charge is 2.25. The van der Waals surface area contributed by atoms with E-state index in [1.807, 2.05) is 36.9 Å². The molecule has 1 aromatic heterocycles. The van der Waals surface area contributed by atoms with Crippen LogP contribution in [0.4, 0.5) is 0 Å². The molecule has 1 amide bonds. The number of piperidine rings is 1. The lowest BCUT2D eigenvalue weighted by atomic mass is 9.89. The van der Waals surface area contributed by atoms with Crippen LogP contribution in [0.5, 0.6) is 0 Å². The van der Waals surface area contributed by atoms with Crippen molar-refractivity contribution >= 4 is 26.8 Å². The van der Waals surface area contributed by atoms with Gasteiger partial charge in [0.25, 0.3) is 0 Å². The second kappa shape index (κ2) is 10.1. The number of carbonyl (C=O) groups excluding carboxylic acids is 1. The molecule has 2 aromatic carbocycles. The van der Waals surface area contributed by atoms with Crippen molar-refractivity contribution in [3.8, 4) is 0 Å². The second-order valence-electron chi connectivity index (χ2n) is 8.68. The van der Waals surface area contributed by atoms with Gasteiger partial charge in [0.15, 0.2) is 0 Å². The van der Waals surface area contributed by atoms with E-state index in [0.29, 0.717) is 36.7 Å². The van der Waals surface area contributed by atoms with Gasteiger partial charge in [-0.1, -0.05) is 44.2 Å². The van der Waals surface area contributed by atoms with Crippen molar-refractivity contribution in [2.75, 3.05) is 26.2 Å². The fourth-order valence-electron chi connectivity index (χ4n) is 4.82. The van der Waals surface area contributed by atoms with E-state index in [2.05, 4.69) is 29.4 Å². The Labute approximate surface area is 196 Å². The molecule has 6 nitrogen and oxygen atoms in total. The average Bonchev–Trinajstić information content (AvgIpc) is 3.28. The van der Waals surface area contributed by atoms with Gasteiger partial charge in [0.1, 0.15) is 0 Å². The minimum Gasteiger partial charge on any atom is -0.361 e. The van der Waals surface area contributed by atoms with E-state index in [1.165, 1.54) is 20.8 Å². The molecule has 1 fully saturated rings. The van der Waals surface area contributed by atoms with Crippen LogP contribution in [0.2, 0.25) is 0 Å². The Morgan fingerprint density at radius 3 is 2.36 bits per heavy atom. The standard InChI is InChI=1S/C26H33N3O3S/c1-3-29(4-2)33(31,32)22-12-9-20(10-13-22)11-14-26(30)28-17-15-21(16-18-28)24-19-27-25-8-6-5-7-23(24)25/h5-10,12-13,19,21,27H,3-4,11,14-18H2,1-2H3. The molecular formula is C26H33N3O3S. The van der Waals surface area contributed by atoms with Crippen LogP contribution in [0, 0.1) is 0 Å². The third kappa shape index (κ3) is 4.99. The zero-order valence-electron chi connectivity index (χ0n) is 19.5. The molecule has 2 heterocycles. The molecule has 0 unspecified atom stereocenters. The van der Waals surface area contributed by atoms with Crippen molar-refractivity contribution < 1.29 is 13.2 Å². The van der Waals surface area contributed by atoms with Crippen LogP contribution in [0.1, 0.15) is 50.2 Å². The molecule has 33 heavy (non-hydrogen) atoms. The van der Waals surface area contributed by atoms with Crippen LogP contribution in [0.3, 0.4) is 0 Å². The topological polar surface area (TPSA) is 73.5 Å². The highest BCUT2D eigenvalue weighted by Crippen LogP contribution is 2.33. The van der Waals surface area contributed by atoms with Gasteiger partial charge in [-0.3, -0.25) is 4.79 Å². The minimum absolute atomic E-state index is 0.173. The summed E-state index contributed by atoms with van der Waals surface area (Å²) in [5, 5.41) is 1.29. The van der Waals surface area contributed by atoms with Gasteiger partial charge in [0.2, 0.25) is 15.9 Å². The molecule has 1 aliphatic heterocycles. The number of nitrogens with zero attached hydrogens (tertiary/aromatic N) is 2. The zero-order chi connectivity index (χ0) is 23.4. The van der Waals surface area contributed by atoms with Gasteiger partial charge in [0.05, 0.1) is 4.90 Å². The van der Waals surface area contributed by atoms with Crippen LogP contribution in [0.25, 0.3) is 10.9 Å². The van der Waals surface area contributed by atoms with Gasteiger partial charge in [-0.2, -0.15) is 4.31 Å². The van der Waals surface area contributed by atoms with E-state index in [1.54, 1.807) is 12.1 Å². The fourth-order valence-corrected chi connectivity index (χ4v) is 6.28. The lowest BCUT2D eigenvalue weighted by Crippen LogP contribution is -2.38. The molecule has 176 valence electrons. The number of rotatable bonds is 8. The molecule has 0 aliphatic carbocycles. The quantitative estimate of drug-likeness (QED) is 0.529. The maximum absolute atomic E-state index is 12.8. The summed E-state index contributed by atoms with van der Waals surface area (Å²) in [4.78, 5) is 18.4. The van der Waals surface area contributed by atoms with Crippen molar-refractivity contribution in [2.24, 2.45) is 0 Å². The number of benzene rings is 2. The molecule has 3 aromatic rings. The number of carbonyl (C=O) groups is 1. The fraction of sp³-hybridized carbons (Fsp3) is 0.423. The first-order chi connectivity index (χ1) is 15.9. The first-order valence-corrected chi connectivity index (χ1v) is 13.3.